The summed E-state index contributed by atoms with van der Waals surface area (Å²) in [7, 11) is 0. The van der Waals surface area contributed by atoms with Crippen LogP contribution in [0.25, 0.3) is 0 Å². The smallest absolute Gasteiger partial charge is 0.317 e. The van der Waals surface area contributed by atoms with Crippen LogP contribution in [0, 0.1) is 5.92 Å². The Morgan fingerprint density at radius 1 is 1.32 bits per heavy atom. The molecule has 2 rings (SSSR count). The van der Waals surface area contributed by atoms with E-state index in [9.17, 15) is 9.59 Å². The number of aliphatic carboxylic acids is 1. The summed E-state index contributed by atoms with van der Waals surface area (Å²) in [6.45, 7) is 1.69. The van der Waals surface area contributed by atoms with Crippen LogP contribution in [0.1, 0.15) is 19.3 Å². The Balaban J connectivity index is 1.68. The maximum absolute atomic E-state index is 11.9. The van der Waals surface area contributed by atoms with Gasteiger partial charge in [-0.25, -0.2) is 4.79 Å². The van der Waals surface area contributed by atoms with Gasteiger partial charge in [0.05, 0.1) is 10.5 Å². The SMILES string of the molecule is O=C(O)[C@@H]1CCCN(C(=O)NCCC2SCCS2)C1. The van der Waals surface area contributed by atoms with Gasteiger partial charge in [0.25, 0.3) is 0 Å². The van der Waals surface area contributed by atoms with Crippen molar-refractivity contribution in [2.24, 2.45) is 5.92 Å². The minimum Gasteiger partial charge on any atom is -0.481 e. The maximum atomic E-state index is 11.9. The molecule has 2 saturated heterocycles. The van der Waals surface area contributed by atoms with Crippen LogP contribution in [0.5, 0.6) is 0 Å². The number of rotatable bonds is 4. The molecule has 1 atom stereocenters. The maximum Gasteiger partial charge on any atom is 0.317 e. The zero-order valence-electron chi connectivity index (χ0n) is 10.8. The van der Waals surface area contributed by atoms with Crippen molar-refractivity contribution in [3.8, 4) is 0 Å². The van der Waals surface area contributed by atoms with Gasteiger partial charge in [0, 0.05) is 31.1 Å². The Bertz CT molecular complexity index is 335. The zero-order chi connectivity index (χ0) is 13.7. The molecule has 2 amide bonds. The number of piperidine rings is 1. The standard InChI is InChI=1S/C12H20N2O3S2/c15-11(16)9-2-1-5-14(8-9)12(17)13-4-3-10-18-6-7-19-10/h9-10H,1-8H2,(H,13,17)(H,15,16)/t9-/m1/s1. The zero-order valence-corrected chi connectivity index (χ0v) is 12.5. The van der Waals surface area contributed by atoms with Crippen molar-refractivity contribution in [2.75, 3.05) is 31.1 Å². The lowest BCUT2D eigenvalue weighted by molar-refractivity contribution is -0.143. The minimum atomic E-state index is -0.795. The highest BCUT2D eigenvalue weighted by Gasteiger charge is 2.28. The number of hydrogen-bond acceptors (Lipinski definition) is 4. The third kappa shape index (κ3) is 4.49. The molecule has 0 aromatic rings. The predicted molar refractivity (Wildman–Crippen MR) is 78.7 cm³/mol. The van der Waals surface area contributed by atoms with Crippen molar-refractivity contribution in [3.05, 3.63) is 0 Å². The first kappa shape index (κ1) is 14.8. The fraction of sp³-hybridized carbons (Fsp3) is 0.833. The molecule has 2 heterocycles. The molecule has 2 aliphatic rings. The molecular weight excluding hydrogens is 284 g/mol. The number of carboxylic acid groups (broad SMARTS) is 1. The Kier molecular flexibility index (Phi) is 5.69. The van der Waals surface area contributed by atoms with Crippen LogP contribution >= 0.6 is 23.5 Å². The summed E-state index contributed by atoms with van der Waals surface area (Å²) >= 11 is 3.91. The van der Waals surface area contributed by atoms with Crippen molar-refractivity contribution in [1.29, 1.82) is 0 Å². The molecular formula is C12H20N2O3S2. The van der Waals surface area contributed by atoms with Crippen LogP contribution in [0.2, 0.25) is 0 Å². The Morgan fingerprint density at radius 3 is 2.74 bits per heavy atom. The highest BCUT2D eigenvalue weighted by atomic mass is 32.2. The van der Waals surface area contributed by atoms with E-state index in [0.717, 1.165) is 12.8 Å². The molecule has 2 fully saturated rings. The van der Waals surface area contributed by atoms with Crippen LogP contribution < -0.4 is 5.32 Å². The van der Waals surface area contributed by atoms with Crippen LogP contribution in [0.3, 0.4) is 0 Å². The fourth-order valence-electron chi connectivity index (χ4n) is 2.35. The molecule has 2 N–H and O–H groups in total. The molecule has 0 aliphatic carbocycles. The minimum absolute atomic E-state index is 0.112. The molecule has 19 heavy (non-hydrogen) atoms. The van der Waals surface area contributed by atoms with Crippen LogP contribution in [0.15, 0.2) is 0 Å². The molecule has 2 aliphatic heterocycles. The van der Waals surface area contributed by atoms with Crippen LogP contribution in [-0.2, 0) is 4.79 Å². The van der Waals surface area contributed by atoms with Gasteiger partial charge in [-0.1, -0.05) is 0 Å². The average molecular weight is 304 g/mol. The third-order valence-electron chi connectivity index (χ3n) is 3.40. The number of urea groups is 1. The van der Waals surface area contributed by atoms with Crippen molar-refractivity contribution in [2.45, 2.75) is 23.8 Å². The third-order valence-corrected chi connectivity index (χ3v) is 6.57. The van der Waals surface area contributed by atoms with Crippen molar-refractivity contribution in [3.63, 3.8) is 0 Å². The van der Waals surface area contributed by atoms with Crippen LogP contribution in [-0.4, -0.2) is 57.7 Å². The van der Waals surface area contributed by atoms with Gasteiger partial charge in [0.1, 0.15) is 0 Å². The summed E-state index contributed by atoms with van der Waals surface area (Å²) in [6, 6.07) is -0.112. The van der Waals surface area contributed by atoms with Gasteiger partial charge in [0.2, 0.25) is 0 Å². The monoisotopic (exact) mass is 304 g/mol. The van der Waals surface area contributed by atoms with E-state index in [4.69, 9.17) is 5.11 Å². The first-order valence-electron chi connectivity index (χ1n) is 6.65. The molecule has 0 bridgehead atoms. The van der Waals surface area contributed by atoms with Gasteiger partial charge in [-0.15, -0.1) is 23.5 Å². The van der Waals surface area contributed by atoms with E-state index in [1.165, 1.54) is 11.5 Å². The lowest BCUT2D eigenvalue weighted by Gasteiger charge is -2.30. The fourth-order valence-corrected chi connectivity index (χ4v) is 5.17. The summed E-state index contributed by atoms with van der Waals surface area (Å²) in [5, 5.41) is 11.9. The molecule has 0 saturated carbocycles. The van der Waals surface area contributed by atoms with Crippen LogP contribution in [0.4, 0.5) is 4.79 Å². The Labute approximate surface area is 121 Å². The van der Waals surface area contributed by atoms with Gasteiger partial charge in [-0.3, -0.25) is 4.79 Å². The van der Waals surface area contributed by atoms with Crippen molar-refractivity contribution < 1.29 is 14.7 Å². The number of carbonyl (C=O) groups is 2. The molecule has 0 aromatic heterocycles. The Hall–Kier alpha value is -0.560. The number of carboxylic acids is 1. The summed E-state index contributed by atoms with van der Waals surface area (Å²) in [6.07, 6.45) is 2.43. The highest BCUT2D eigenvalue weighted by Crippen LogP contribution is 2.33. The lowest BCUT2D eigenvalue weighted by atomic mass is 9.99. The first-order valence-corrected chi connectivity index (χ1v) is 8.75. The number of amides is 2. The number of thioether (sulfide) groups is 2. The van der Waals surface area contributed by atoms with E-state index >= 15 is 0 Å². The number of hydrogen-bond donors (Lipinski definition) is 2. The number of likely N-dealkylation sites (tertiary alicyclic amines) is 1. The molecule has 5 nitrogen and oxygen atoms in total. The number of nitrogens with one attached hydrogen (secondary N) is 1. The topological polar surface area (TPSA) is 69.6 Å². The quantitative estimate of drug-likeness (QED) is 0.827. The molecule has 7 heteroatoms. The second-order valence-corrected chi connectivity index (χ2v) is 7.73. The molecule has 0 spiro atoms. The summed E-state index contributed by atoms with van der Waals surface area (Å²) in [5.74, 6) is 1.21. The van der Waals surface area contributed by atoms with Gasteiger partial charge in [-0.05, 0) is 19.3 Å². The largest absolute Gasteiger partial charge is 0.481 e. The number of nitrogens with zero attached hydrogens (tertiary/aromatic N) is 1. The van der Waals surface area contributed by atoms with Crippen molar-refractivity contribution in [1.82, 2.24) is 10.2 Å². The Morgan fingerprint density at radius 2 is 2.05 bits per heavy atom. The van der Waals surface area contributed by atoms with E-state index in [-0.39, 0.29) is 6.03 Å². The average Bonchev–Trinajstić information content (AvgIpc) is 2.92. The lowest BCUT2D eigenvalue weighted by Crippen LogP contribution is -2.47. The van der Waals surface area contributed by atoms with E-state index < -0.39 is 11.9 Å². The van der Waals surface area contributed by atoms with Gasteiger partial charge >= 0.3 is 12.0 Å². The second-order valence-electron chi connectivity index (χ2n) is 4.82. The van der Waals surface area contributed by atoms with E-state index in [1.54, 1.807) is 4.90 Å². The van der Waals surface area contributed by atoms with E-state index in [2.05, 4.69) is 5.32 Å². The highest BCUT2D eigenvalue weighted by molar-refractivity contribution is 8.20. The number of carbonyl (C=O) groups excluding carboxylic acids is 1. The predicted octanol–water partition coefficient (Wildman–Crippen LogP) is 1.69. The summed E-state index contributed by atoms with van der Waals surface area (Å²) in [4.78, 5) is 24.5. The van der Waals surface area contributed by atoms with Crippen molar-refractivity contribution >= 4 is 35.5 Å². The van der Waals surface area contributed by atoms with Gasteiger partial charge < -0.3 is 15.3 Å². The molecule has 0 aromatic carbocycles. The normalized spacial score (nSPS) is 24.4. The second kappa shape index (κ2) is 7.28. The van der Waals surface area contributed by atoms with E-state index in [0.29, 0.717) is 30.6 Å². The first-order chi connectivity index (χ1) is 9.16. The summed E-state index contributed by atoms with van der Waals surface area (Å²) in [5.41, 5.74) is 0. The van der Waals surface area contributed by atoms with Gasteiger partial charge in [0.15, 0.2) is 0 Å². The molecule has 0 radical (unpaired) electrons. The van der Waals surface area contributed by atoms with Gasteiger partial charge in [-0.2, -0.15) is 0 Å². The molecule has 0 unspecified atom stereocenters. The summed E-state index contributed by atoms with van der Waals surface area (Å²) < 4.78 is 0.605. The molecule has 108 valence electrons. The van der Waals surface area contributed by atoms with E-state index in [1.807, 2.05) is 23.5 Å².